The molecule has 1 aliphatic rings. The minimum absolute atomic E-state index is 0. The van der Waals surface area contributed by atoms with E-state index < -0.39 is 0 Å². The molecular weight excluding hydrogens is 304 g/mol. The smallest absolute Gasteiger partial charge is 0.227 e. The molecule has 2 rings (SSSR count). The quantitative estimate of drug-likeness (QED) is 0.805. The minimum Gasteiger partial charge on any atom is -0.330 e. The van der Waals surface area contributed by atoms with Crippen molar-refractivity contribution < 1.29 is 4.79 Å². The lowest BCUT2D eigenvalue weighted by atomic mass is 9.95. The maximum atomic E-state index is 12.4. The molecule has 5 heteroatoms. The van der Waals surface area contributed by atoms with Crippen molar-refractivity contribution in [2.75, 3.05) is 11.9 Å². The normalized spacial score (nSPS) is 21.1. The topological polar surface area (TPSA) is 55.1 Å². The largest absolute Gasteiger partial charge is 0.330 e. The minimum atomic E-state index is 0. The molecular formula is C16H25ClN2OS. The van der Waals surface area contributed by atoms with Crippen LogP contribution in [0.4, 0.5) is 5.69 Å². The SMILES string of the molecule is CC(C)Sc1ccccc1NC(=O)[C@@H]1CCC[C@@H]1CN.Cl. The highest BCUT2D eigenvalue weighted by molar-refractivity contribution is 8.00. The first-order valence-corrected chi connectivity index (χ1v) is 8.26. The number of anilines is 1. The number of para-hydroxylation sites is 1. The van der Waals surface area contributed by atoms with Gasteiger partial charge in [0, 0.05) is 16.1 Å². The summed E-state index contributed by atoms with van der Waals surface area (Å²) in [6.45, 7) is 4.93. The summed E-state index contributed by atoms with van der Waals surface area (Å²) in [7, 11) is 0. The summed E-state index contributed by atoms with van der Waals surface area (Å²) < 4.78 is 0. The lowest BCUT2D eigenvalue weighted by molar-refractivity contribution is -0.120. The van der Waals surface area contributed by atoms with Gasteiger partial charge in [0.1, 0.15) is 0 Å². The van der Waals surface area contributed by atoms with Gasteiger partial charge in [-0.3, -0.25) is 4.79 Å². The van der Waals surface area contributed by atoms with Crippen molar-refractivity contribution in [3.8, 4) is 0 Å². The number of rotatable bonds is 5. The molecule has 3 N–H and O–H groups in total. The molecule has 1 amide bonds. The van der Waals surface area contributed by atoms with E-state index in [1.165, 1.54) is 0 Å². The van der Waals surface area contributed by atoms with Crippen LogP contribution >= 0.6 is 24.2 Å². The third-order valence-electron chi connectivity index (χ3n) is 3.81. The molecule has 118 valence electrons. The first-order chi connectivity index (χ1) is 9.61. The zero-order valence-electron chi connectivity index (χ0n) is 12.7. The van der Waals surface area contributed by atoms with Crippen molar-refractivity contribution in [2.45, 2.75) is 43.3 Å². The Bertz CT molecular complexity index is 467. The maximum Gasteiger partial charge on any atom is 0.227 e. The van der Waals surface area contributed by atoms with Gasteiger partial charge in [-0.2, -0.15) is 0 Å². The van der Waals surface area contributed by atoms with Crippen LogP contribution in [0.5, 0.6) is 0 Å². The number of hydrogen-bond acceptors (Lipinski definition) is 3. The van der Waals surface area contributed by atoms with Crippen molar-refractivity contribution >= 4 is 35.8 Å². The molecule has 1 aliphatic carbocycles. The van der Waals surface area contributed by atoms with Crippen molar-refractivity contribution in [1.29, 1.82) is 0 Å². The number of thioether (sulfide) groups is 1. The average molecular weight is 329 g/mol. The van der Waals surface area contributed by atoms with Gasteiger partial charge in [0.05, 0.1) is 5.69 Å². The molecule has 1 saturated carbocycles. The van der Waals surface area contributed by atoms with Crippen LogP contribution in [0.25, 0.3) is 0 Å². The van der Waals surface area contributed by atoms with Gasteiger partial charge in [-0.15, -0.1) is 24.2 Å². The van der Waals surface area contributed by atoms with E-state index in [-0.39, 0.29) is 24.2 Å². The second kappa shape index (κ2) is 8.66. The zero-order chi connectivity index (χ0) is 14.5. The van der Waals surface area contributed by atoms with Crippen molar-refractivity contribution in [3.63, 3.8) is 0 Å². The standard InChI is InChI=1S/C16H24N2OS.ClH/c1-11(2)20-15-9-4-3-8-14(15)18-16(19)13-7-5-6-12(13)10-17;/h3-4,8-9,11-13H,5-7,10,17H2,1-2H3,(H,18,19);1H/t12-,13-;/m1./s1. The summed E-state index contributed by atoms with van der Waals surface area (Å²) in [4.78, 5) is 13.6. The molecule has 0 heterocycles. The Morgan fingerprint density at radius 3 is 2.76 bits per heavy atom. The summed E-state index contributed by atoms with van der Waals surface area (Å²) >= 11 is 1.78. The summed E-state index contributed by atoms with van der Waals surface area (Å²) in [5.41, 5.74) is 6.70. The zero-order valence-corrected chi connectivity index (χ0v) is 14.3. The molecule has 1 aromatic carbocycles. The van der Waals surface area contributed by atoms with Gasteiger partial charge < -0.3 is 11.1 Å². The Morgan fingerprint density at radius 1 is 1.38 bits per heavy atom. The number of halogens is 1. The van der Waals surface area contributed by atoms with E-state index in [1.54, 1.807) is 11.8 Å². The number of hydrogen-bond donors (Lipinski definition) is 2. The number of nitrogens with one attached hydrogen (secondary N) is 1. The van der Waals surface area contributed by atoms with Crippen molar-refractivity contribution in [1.82, 2.24) is 0 Å². The third kappa shape index (κ3) is 4.90. The van der Waals surface area contributed by atoms with E-state index in [0.717, 1.165) is 29.8 Å². The van der Waals surface area contributed by atoms with E-state index in [2.05, 4.69) is 25.2 Å². The van der Waals surface area contributed by atoms with Crippen molar-refractivity contribution in [3.05, 3.63) is 24.3 Å². The monoisotopic (exact) mass is 328 g/mol. The van der Waals surface area contributed by atoms with E-state index in [9.17, 15) is 4.79 Å². The van der Waals surface area contributed by atoms with Crippen LogP contribution in [0.15, 0.2) is 29.2 Å². The molecule has 1 fully saturated rings. The highest BCUT2D eigenvalue weighted by atomic mass is 35.5. The molecule has 3 nitrogen and oxygen atoms in total. The maximum absolute atomic E-state index is 12.4. The molecule has 21 heavy (non-hydrogen) atoms. The molecule has 0 spiro atoms. The first-order valence-electron chi connectivity index (χ1n) is 7.38. The van der Waals surface area contributed by atoms with Crippen LogP contribution in [0.1, 0.15) is 33.1 Å². The summed E-state index contributed by atoms with van der Waals surface area (Å²) in [6, 6.07) is 8.03. The number of benzene rings is 1. The molecule has 0 aliphatic heterocycles. The fourth-order valence-electron chi connectivity index (χ4n) is 2.82. The Balaban J connectivity index is 0.00000220. The predicted molar refractivity (Wildman–Crippen MR) is 93.2 cm³/mol. The molecule has 0 unspecified atom stereocenters. The Kier molecular flexibility index (Phi) is 7.57. The van der Waals surface area contributed by atoms with Crippen LogP contribution in [0.2, 0.25) is 0 Å². The van der Waals surface area contributed by atoms with E-state index in [4.69, 9.17) is 5.73 Å². The van der Waals surface area contributed by atoms with Gasteiger partial charge in [0.25, 0.3) is 0 Å². The van der Waals surface area contributed by atoms with Crippen LogP contribution in [-0.4, -0.2) is 17.7 Å². The Labute approximate surface area is 137 Å². The number of carbonyl (C=O) groups excluding carboxylic acids is 1. The van der Waals surface area contributed by atoms with E-state index in [0.29, 0.717) is 17.7 Å². The molecule has 0 radical (unpaired) electrons. The first kappa shape index (κ1) is 18.3. The van der Waals surface area contributed by atoms with Crippen molar-refractivity contribution in [2.24, 2.45) is 17.6 Å². The third-order valence-corrected chi connectivity index (χ3v) is 4.89. The Hall–Kier alpha value is -0.710. The Morgan fingerprint density at radius 2 is 2.10 bits per heavy atom. The molecule has 0 saturated heterocycles. The van der Waals surface area contributed by atoms with E-state index in [1.807, 2.05) is 18.2 Å². The average Bonchev–Trinajstić information content (AvgIpc) is 2.88. The van der Waals surface area contributed by atoms with Gasteiger partial charge in [-0.1, -0.05) is 32.4 Å². The molecule has 0 bridgehead atoms. The highest BCUT2D eigenvalue weighted by Crippen LogP contribution is 2.34. The summed E-state index contributed by atoms with van der Waals surface area (Å²) in [5, 5.41) is 3.60. The van der Waals surface area contributed by atoms with Gasteiger partial charge >= 0.3 is 0 Å². The van der Waals surface area contributed by atoms with Crippen LogP contribution in [-0.2, 0) is 4.79 Å². The number of amides is 1. The molecule has 1 aromatic rings. The predicted octanol–water partition coefficient (Wildman–Crippen LogP) is 3.92. The van der Waals surface area contributed by atoms with E-state index >= 15 is 0 Å². The molecule has 2 atom stereocenters. The molecule has 0 aromatic heterocycles. The number of nitrogens with two attached hydrogens (primary N) is 1. The van der Waals surface area contributed by atoms with Crippen LogP contribution in [0, 0.1) is 11.8 Å². The summed E-state index contributed by atoms with van der Waals surface area (Å²) in [5.74, 6) is 0.562. The van der Waals surface area contributed by atoms with Gasteiger partial charge in [0.2, 0.25) is 5.91 Å². The summed E-state index contributed by atoms with van der Waals surface area (Å²) in [6.07, 6.45) is 3.16. The fourth-order valence-corrected chi connectivity index (χ4v) is 3.73. The fraction of sp³-hybridized carbons (Fsp3) is 0.562. The van der Waals surface area contributed by atoms with Gasteiger partial charge in [0.15, 0.2) is 0 Å². The lowest BCUT2D eigenvalue weighted by Crippen LogP contribution is -2.29. The van der Waals surface area contributed by atoms with Crippen LogP contribution in [0.3, 0.4) is 0 Å². The van der Waals surface area contributed by atoms with Gasteiger partial charge in [-0.25, -0.2) is 0 Å². The number of carbonyl (C=O) groups is 1. The second-order valence-corrected chi connectivity index (χ2v) is 7.30. The second-order valence-electron chi connectivity index (χ2n) is 5.69. The highest BCUT2D eigenvalue weighted by Gasteiger charge is 2.32. The lowest BCUT2D eigenvalue weighted by Gasteiger charge is -2.19. The van der Waals surface area contributed by atoms with Gasteiger partial charge in [-0.05, 0) is 37.4 Å². The van der Waals surface area contributed by atoms with Crippen LogP contribution < -0.4 is 11.1 Å².